The first-order valence-electron chi connectivity index (χ1n) is 8.99. The zero-order valence-corrected chi connectivity index (χ0v) is 14.9. The van der Waals surface area contributed by atoms with Gasteiger partial charge >= 0.3 is 0 Å². The first-order chi connectivity index (χ1) is 12.4. The molecule has 0 aromatic heterocycles. The highest BCUT2D eigenvalue weighted by Gasteiger charge is 2.36. The van der Waals surface area contributed by atoms with Crippen molar-refractivity contribution in [2.75, 3.05) is 12.3 Å². The van der Waals surface area contributed by atoms with Gasteiger partial charge in [-0.2, -0.15) is 0 Å². The number of carbonyl (C=O) groups is 1. The Kier molecular flexibility index (Phi) is 5.25. The number of halogens is 2. The summed E-state index contributed by atoms with van der Waals surface area (Å²) in [7, 11) is 0. The maximum Gasteiger partial charge on any atom is 0.253 e. The van der Waals surface area contributed by atoms with Gasteiger partial charge in [-0.15, -0.1) is 0 Å². The summed E-state index contributed by atoms with van der Waals surface area (Å²) in [6, 6.07) is 11.9. The van der Waals surface area contributed by atoms with Gasteiger partial charge in [-0.1, -0.05) is 37.3 Å². The van der Waals surface area contributed by atoms with E-state index in [4.69, 9.17) is 5.73 Å². The molecular weight excluding hydrogens is 334 g/mol. The second-order valence-electron chi connectivity index (χ2n) is 7.37. The molecule has 0 spiro atoms. The van der Waals surface area contributed by atoms with Crippen LogP contribution < -0.4 is 11.1 Å². The van der Waals surface area contributed by atoms with Crippen LogP contribution in [0.1, 0.15) is 48.5 Å². The summed E-state index contributed by atoms with van der Waals surface area (Å²) in [4.78, 5) is 12.5. The molecule has 0 radical (unpaired) electrons. The van der Waals surface area contributed by atoms with Crippen LogP contribution in [0.25, 0.3) is 0 Å². The van der Waals surface area contributed by atoms with E-state index in [2.05, 4.69) is 24.4 Å². The van der Waals surface area contributed by atoms with Crippen LogP contribution in [0.4, 0.5) is 14.5 Å². The lowest BCUT2D eigenvalue weighted by Crippen LogP contribution is -2.43. The topological polar surface area (TPSA) is 55.1 Å². The smallest absolute Gasteiger partial charge is 0.253 e. The zero-order valence-electron chi connectivity index (χ0n) is 14.9. The summed E-state index contributed by atoms with van der Waals surface area (Å²) in [6.45, 7) is 2.69. The number of nitrogens with one attached hydrogen (secondary N) is 1. The second-order valence-corrected chi connectivity index (χ2v) is 7.37. The van der Waals surface area contributed by atoms with E-state index in [0.717, 1.165) is 37.8 Å². The summed E-state index contributed by atoms with van der Waals surface area (Å²) >= 11 is 0. The van der Waals surface area contributed by atoms with Crippen molar-refractivity contribution in [3.05, 3.63) is 65.2 Å². The number of hydrogen-bond donors (Lipinski definition) is 2. The molecule has 2 aromatic carbocycles. The number of carbonyl (C=O) groups excluding carboxylic acids is 1. The second kappa shape index (κ2) is 7.44. The molecule has 3 N–H and O–H groups in total. The summed E-state index contributed by atoms with van der Waals surface area (Å²) in [5.74, 6) is -1.94. The molecule has 1 amide bonds. The monoisotopic (exact) mass is 358 g/mol. The maximum absolute atomic E-state index is 13.5. The molecule has 26 heavy (non-hydrogen) atoms. The van der Waals surface area contributed by atoms with Crippen LogP contribution in [-0.2, 0) is 5.41 Å². The number of benzene rings is 2. The molecule has 3 rings (SSSR count). The molecule has 0 heterocycles. The third-order valence-corrected chi connectivity index (χ3v) is 5.54. The lowest BCUT2D eigenvalue weighted by molar-refractivity contribution is 0.0933. The van der Waals surface area contributed by atoms with Crippen LogP contribution in [0.2, 0.25) is 0 Å². The van der Waals surface area contributed by atoms with Crippen molar-refractivity contribution < 1.29 is 13.6 Å². The molecule has 1 saturated carbocycles. The standard InChI is InChI=1S/C21H24F2N2O/c1-14-7-9-21(10-8-14,15-5-3-2-4-6-15)13-25-20(26)16-11-17(22)18(23)12-19(16)24/h2-6,11-12,14H,7-10,13,24H2,1H3,(H,25,26). The predicted octanol–water partition coefficient (Wildman–Crippen LogP) is 4.42. The van der Waals surface area contributed by atoms with Gasteiger partial charge in [0.1, 0.15) is 0 Å². The van der Waals surface area contributed by atoms with E-state index in [-0.39, 0.29) is 16.7 Å². The minimum atomic E-state index is -1.08. The third kappa shape index (κ3) is 3.71. The highest BCUT2D eigenvalue weighted by molar-refractivity contribution is 5.99. The largest absolute Gasteiger partial charge is 0.398 e. The average Bonchev–Trinajstić information content (AvgIpc) is 2.65. The fourth-order valence-electron chi connectivity index (χ4n) is 3.78. The SMILES string of the molecule is CC1CCC(CNC(=O)c2cc(F)c(F)cc2N)(c2ccccc2)CC1. The molecule has 138 valence electrons. The number of hydrogen-bond acceptors (Lipinski definition) is 2. The minimum absolute atomic E-state index is 0.0312. The van der Waals surface area contributed by atoms with Crippen LogP contribution in [0.3, 0.4) is 0 Å². The molecule has 5 heteroatoms. The maximum atomic E-state index is 13.5. The van der Waals surface area contributed by atoms with Crippen molar-refractivity contribution in [1.29, 1.82) is 0 Å². The van der Waals surface area contributed by atoms with Crippen molar-refractivity contribution >= 4 is 11.6 Å². The molecule has 0 bridgehead atoms. The molecule has 3 nitrogen and oxygen atoms in total. The molecular formula is C21H24F2N2O. The predicted molar refractivity (Wildman–Crippen MR) is 98.9 cm³/mol. The van der Waals surface area contributed by atoms with Gasteiger partial charge in [-0.3, -0.25) is 4.79 Å². The van der Waals surface area contributed by atoms with Gasteiger partial charge in [0.2, 0.25) is 0 Å². The van der Waals surface area contributed by atoms with Crippen molar-refractivity contribution in [1.82, 2.24) is 5.32 Å². The lowest BCUT2D eigenvalue weighted by Gasteiger charge is -2.40. The summed E-state index contributed by atoms with van der Waals surface area (Å²) in [6.07, 6.45) is 4.15. The van der Waals surface area contributed by atoms with E-state index < -0.39 is 17.5 Å². The van der Waals surface area contributed by atoms with Gasteiger partial charge in [-0.25, -0.2) is 8.78 Å². The van der Waals surface area contributed by atoms with E-state index in [1.54, 1.807) is 0 Å². The van der Waals surface area contributed by atoms with Crippen molar-refractivity contribution in [2.24, 2.45) is 5.92 Å². The number of amides is 1. The van der Waals surface area contributed by atoms with E-state index in [1.807, 2.05) is 18.2 Å². The summed E-state index contributed by atoms with van der Waals surface area (Å²) in [5, 5.41) is 2.90. The number of anilines is 1. The number of rotatable bonds is 4. The molecule has 0 saturated heterocycles. The Morgan fingerprint density at radius 3 is 2.42 bits per heavy atom. The van der Waals surface area contributed by atoms with Crippen LogP contribution >= 0.6 is 0 Å². The van der Waals surface area contributed by atoms with Crippen LogP contribution in [0.15, 0.2) is 42.5 Å². The molecule has 1 aliphatic carbocycles. The van der Waals surface area contributed by atoms with Crippen LogP contribution in [-0.4, -0.2) is 12.5 Å². The molecule has 0 unspecified atom stereocenters. The minimum Gasteiger partial charge on any atom is -0.398 e. The highest BCUT2D eigenvalue weighted by atomic mass is 19.2. The van der Waals surface area contributed by atoms with E-state index in [1.165, 1.54) is 5.56 Å². The lowest BCUT2D eigenvalue weighted by atomic mass is 9.67. The summed E-state index contributed by atoms with van der Waals surface area (Å²) < 4.78 is 26.7. The number of nitrogens with two attached hydrogens (primary N) is 1. The molecule has 2 aromatic rings. The Morgan fingerprint density at radius 2 is 1.77 bits per heavy atom. The van der Waals surface area contributed by atoms with E-state index >= 15 is 0 Å². The Morgan fingerprint density at radius 1 is 1.15 bits per heavy atom. The van der Waals surface area contributed by atoms with Gasteiger partial charge in [0.15, 0.2) is 11.6 Å². The Bertz CT molecular complexity index is 784. The molecule has 1 aliphatic rings. The number of nitrogen functional groups attached to an aromatic ring is 1. The first-order valence-corrected chi connectivity index (χ1v) is 8.99. The van der Waals surface area contributed by atoms with Crippen LogP contribution in [0, 0.1) is 17.6 Å². The van der Waals surface area contributed by atoms with Crippen molar-refractivity contribution in [3.63, 3.8) is 0 Å². The first kappa shape index (κ1) is 18.4. The Labute approximate surface area is 152 Å². The van der Waals surface area contributed by atoms with Gasteiger partial charge in [-0.05, 0) is 43.2 Å². The van der Waals surface area contributed by atoms with Gasteiger partial charge in [0.25, 0.3) is 5.91 Å². The Hall–Kier alpha value is -2.43. The van der Waals surface area contributed by atoms with Gasteiger partial charge in [0, 0.05) is 23.7 Å². The normalized spacial score (nSPS) is 22.8. The highest BCUT2D eigenvalue weighted by Crippen LogP contribution is 2.41. The van der Waals surface area contributed by atoms with Gasteiger partial charge < -0.3 is 11.1 Å². The Balaban J connectivity index is 1.80. The third-order valence-electron chi connectivity index (χ3n) is 5.54. The van der Waals surface area contributed by atoms with Crippen molar-refractivity contribution in [3.8, 4) is 0 Å². The van der Waals surface area contributed by atoms with Crippen LogP contribution in [0.5, 0.6) is 0 Å². The van der Waals surface area contributed by atoms with E-state index in [0.29, 0.717) is 12.5 Å². The average molecular weight is 358 g/mol. The van der Waals surface area contributed by atoms with E-state index in [9.17, 15) is 13.6 Å². The molecule has 0 aliphatic heterocycles. The fraction of sp³-hybridized carbons (Fsp3) is 0.381. The fourth-order valence-corrected chi connectivity index (χ4v) is 3.78. The summed E-state index contributed by atoms with van der Waals surface area (Å²) in [5.41, 5.74) is 6.66. The quantitative estimate of drug-likeness (QED) is 0.795. The van der Waals surface area contributed by atoms with Crippen molar-refractivity contribution in [2.45, 2.75) is 38.0 Å². The van der Waals surface area contributed by atoms with Gasteiger partial charge in [0.05, 0.1) is 5.56 Å². The molecule has 1 fully saturated rings. The zero-order chi connectivity index (χ0) is 18.7. The molecule has 0 atom stereocenters.